The maximum atomic E-state index is 14.1. The van der Waals surface area contributed by atoms with Gasteiger partial charge in [0.05, 0.1) is 11.2 Å². The van der Waals surface area contributed by atoms with Crippen molar-refractivity contribution in [3.8, 4) is 11.3 Å². The first-order valence-corrected chi connectivity index (χ1v) is 7.08. The van der Waals surface area contributed by atoms with E-state index in [1.165, 1.54) is 12.1 Å². The van der Waals surface area contributed by atoms with Crippen LogP contribution in [0.4, 0.5) is 4.39 Å². The van der Waals surface area contributed by atoms with E-state index >= 15 is 0 Å². The lowest BCUT2D eigenvalue weighted by Gasteiger charge is -2.12. The third kappa shape index (κ3) is 2.80. The van der Waals surface area contributed by atoms with Gasteiger partial charge in [0.1, 0.15) is 12.4 Å². The van der Waals surface area contributed by atoms with Crippen molar-refractivity contribution in [3.05, 3.63) is 63.8 Å². The molecule has 3 rings (SSSR count). The molecule has 0 fully saturated rings. The highest BCUT2D eigenvalue weighted by Crippen LogP contribution is 2.29. The van der Waals surface area contributed by atoms with Gasteiger partial charge in [0.15, 0.2) is 0 Å². The summed E-state index contributed by atoms with van der Waals surface area (Å²) in [6.45, 7) is -0.318. The van der Waals surface area contributed by atoms with Crippen molar-refractivity contribution in [1.29, 1.82) is 0 Å². The van der Waals surface area contributed by atoms with Gasteiger partial charge in [-0.3, -0.25) is 9.36 Å². The van der Waals surface area contributed by atoms with Crippen LogP contribution in [-0.2, 0) is 11.3 Å². The Morgan fingerprint density at radius 2 is 2.00 bits per heavy atom. The summed E-state index contributed by atoms with van der Waals surface area (Å²) in [5, 5.41) is 0.865. The SMILES string of the molecule is NC(=O)Cn1c(=O)nc(-c2ccccc2F)c2cc(Cl)ccc21. The van der Waals surface area contributed by atoms with Gasteiger partial charge in [-0.05, 0) is 30.3 Å². The van der Waals surface area contributed by atoms with Gasteiger partial charge in [-0.2, -0.15) is 4.98 Å². The minimum atomic E-state index is -0.683. The van der Waals surface area contributed by atoms with E-state index in [9.17, 15) is 14.0 Å². The van der Waals surface area contributed by atoms with Crippen LogP contribution in [0.3, 0.4) is 0 Å². The molecule has 116 valence electrons. The summed E-state index contributed by atoms with van der Waals surface area (Å²) in [7, 11) is 0. The Kier molecular flexibility index (Phi) is 3.83. The molecule has 5 nitrogen and oxygen atoms in total. The van der Waals surface area contributed by atoms with Gasteiger partial charge < -0.3 is 5.73 Å². The van der Waals surface area contributed by atoms with Gasteiger partial charge in [0.25, 0.3) is 0 Å². The number of nitrogens with two attached hydrogens (primary N) is 1. The summed E-state index contributed by atoms with van der Waals surface area (Å²) < 4.78 is 15.2. The lowest BCUT2D eigenvalue weighted by atomic mass is 10.1. The number of primary amides is 1. The molecule has 0 spiro atoms. The van der Waals surface area contributed by atoms with E-state index in [1.54, 1.807) is 30.3 Å². The number of aromatic nitrogens is 2. The van der Waals surface area contributed by atoms with E-state index in [2.05, 4.69) is 4.98 Å². The van der Waals surface area contributed by atoms with Gasteiger partial charge in [-0.25, -0.2) is 9.18 Å². The van der Waals surface area contributed by atoms with Crippen LogP contribution in [0.25, 0.3) is 22.2 Å². The number of halogens is 2. The number of rotatable bonds is 3. The summed E-state index contributed by atoms with van der Waals surface area (Å²) in [6.07, 6.45) is 0. The molecule has 2 N–H and O–H groups in total. The molecule has 1 amide bonds. The average Bonchev–Trinajstić information content (AvgIpc) is 2.50. The molecule has 0 atom stereocenters. The summed E-state index contributed by atoms with van der Waals surface area (Å²) >= 11 is 6.02. The fraction of sp³-hybridized carbons (Fsp3) is 0.0625. The highest BCUT2D eigenvalue weighted by atomic mass is 35.5. The van der Waals surface area contributed by atoms with Crippen LogP contribution in [0, 0.1) is 5.82 Å². The van der Waals surface area contributed by atoms with Crippen LogP contribution in [0.1, 0.15) is 0 Å². The number of benzene rings is 2. The molecule has 1 aromatic heterocycles. The van der Waals surface area contributed by atoms with Crippen molar-refractivity contribution < 1.29 is 9.18 Å². The summed E-state index contributed by atoms with van der Waals surface area (Å²) in [5.74, 6) is -1.18. The first kappa shape index (κ1) is 15.2. The Hall–Kier alpha value is -2.73. The molecule has 0 aliphatic heterocycles. The Labute approximate surface area is 135 Å². The molecule has 7 heteroatoms. The minimum Gasteiger partial charge on any atom is -0.368 e. The maximum absolute atomic E-state index is 14.1. The van der Waals surface area contributed by atoms with E-state index in [1.807, 2.05) is 0 Å². The smallest absolute Gasteiger partial charge is 0.349 e. The lowest BCUT2D eigenvalue weighted by molar-refractivity contribution is -0.118. The molecule has 0 aliphatic carbocycles. The predicted octanol–water partition coefficient (Wildman–Crippen LogP) is 2.34. The Bertz CT molecular complexity index is 985. The molecule has 0 unspecified atom stereocenters. The quantitative estimate of drug-likeness (QED) is 0.800. The Morgan fingerprint density at radius 3 is 2.70 bits per heavy atom. The summed E-state index contributed by atoms with van der Waals surface area (Å²) in [6, 6.07) is 10.7. The van der Waals surface area contributed by atoms with Crippen LogP contribution in [0.2, 0.25) is 5.02 Å². The zero-order chi connectivity index (χ0) is 16.6. The standard InChI is InChI=1S/C16H11ClFN3O2/c17-9-5-6-13-11(7-9)15(10-3-1-2-4-12(10)18)20-16(23)21(13)8-14(19)22/h1-7H,8H2,(H2,19,22). The molecule has 1 heterocycles. The Morgan fingerprint density at radius 1 is 1.26 bits per heavy atom. The maximum Gasteiger partial charge on any atom is 0.349 e. The number of carbonyl (C=O) groups is 1. The van der Waals surface area contributed by atoms with Crippen LogP contribution < -0.4 is 11.4 Å². The van der Waals surface area contributed by atoms with Crippen molar-refractivity contribution >= 4 is 28.4 Å². The average molecular weight is 332 g/mol. The van der Waals surface area contributed by atoms with Crippen molar-refractivity contribution in [2.45, 2.75) is 6.54 Å². The number of hydrogen-bond acceptors (Lipinski definition) is 3. The van der Waals surface area contributed by atoms with E-state index in [0.29, 0.717) is 15.9 Å². The third-order valence-corrected chi connectivity index (χ3v) is 3.62. The zero-order valence-corrected chi connectivity index (χ0v) is 12.5. The molecule has 0 saturated heterocycles. The number of nitrogens with zero attached hydrogens (tertiary/aromatic N) is 2. The molecular formula is C16H11ClFN3O2. The van der Waals surface area contributed by atoms with Gasteiger partial charge in [-0.1, -0.05) is 23.7 Å². The first-order valence-electron chi connectivity index (χ1n) is 6.70. The summed E-state index contributed by atoms with van der Waals surface area (Å²) in [5.41, 5.74) is 5.26. The zero-order valence-electron chi connectivity index (χ0n) is 11.8. The van der Waals surface area contributed by atoms with E-state index in [-0.39, 0.29) is 17.8 Å². The number of hydrogen-bond donors (Lipinski definition) is 1. The van der Waals surface area contributed by atoms with Gasteiger partial charge >= 0.3 is 5.69 Å². The van der Waals surface area contributed by atoms with Crippen molar-refractivity contribution in [2.75, 3.05) is 0 Å². The second-order valence-electron chi connectivity index (χ2n) is 4.94. The van der Waals surface area contributed by atoms with Gasteiger partial charge in [0, 0.05) is 16.0 Å². The van der Waals surface area contributed by atoms with Crippen LogP contribution >= 0.6 is 11.6 Å². The number of amides is 1. The number of carbonyl (C=O) groups excluding carboxylic acids is 1. The van der Waals surface area contributed by atoms with E-state index in [0.717, 1.165) is 4.57 Å². The van der Waals surface area contributed by atoms with E-state index in [4.69, 9.17) is 17.3 Å². The fourth-order valence-corrected chi connectivity index (χ4v) is 2.59. The first-order chi connectivity index (χ1) is 11.0. The molecule has 0 saturated carbocycles. The largest absolute Gasteiger partial charge is 0.368 e. The van der Waals surface area contributed by atoms with Crippen molar-refractivity contribution in [2.24, 2.45) is 5.73 Å². The second-order valence-corrected chi connectivity index (χ2v) is 5.37. The molecular weight excluding hydrogens is 321 g/mol. The van der Waals surface area contributed by atoms with Crippen LogP contribution in [-0.4, -0.2) is 15.5 Å². The Balaban J connectivity index is 2.41. The van der Waals surface area contributed by atoms with Crippen LogP contribution in [0.5, 0.6) is 0 Å². The van der Waals surface area contributed by atoms with Gasteiger partial charge in [0.2, 0.25) is 5.91 Å². The normalized spacial score (nSPS) is 10.9. The van der Waals surface area contributed by atoms with Crippen molar-refractivity contribution in [1.82, 2.24) is 9.55 Å². The third-order valence-electron chi connectivity index (χ3n) is 3.39. The van der Waals surface area contributed by atoms with Crippen LogP contribution in [0.15, 0.2) is 47.3 Å². The van der Waals surface area contributed by atoms with E-state index < -0.39 is 17.4 Å². The molecule has 0 radical (unpaired) electrons. The highest BCUT2D eigenvalue weighted by molar-refractivity contribution is 6.31. The molecule has 0 bridgehead atoms. The predicted molar refractivity (Wildman–Crippen MR) is 85.6 cm³/mol. The minimum absolute atomic E-state index is 0.173. The summed E-state index contributed by atoms with van der Waals surface area (Å²) in [4.78, 5) is 27.4. The monoisotopic (exact) mass is 331 g/mol. The lowest BCUT2D eigenvalue weighted by Crippen LogP contribution is -2.30. The highest BCUT2D eigenvalue weighted by Gasteiger charge is 2.16. The van der Waals surface area contributed by atoms with Crippen molar-refractivity contribution in [3.63, 3.8) is 0 Å². The molecule has 3 aromatic rings. The fourth-order valence-electron chi connectivity index (χ4n) is 2.42. The molecule has 2 aromatic carbocycles. The molecule has 23 heavy (non-hydrogen) atoms. The number of fused-ring (bicyclic) bond motifs is 1. The second kappa shape index (κ2) is 5.81. The molecule has 0 aliphatic rings. The van der Waals surface area contributed by atoms with Gasteiger partial charge in [-0.15, -0.1) is 0 Å². The topological polar surface area (TPSA) is 78.0 Å².